The van der Waals surface area contributed by atoms with Crippen LogP contribution in [0.15, 0.2) is 29.2 Å². The van der Waals surface area contributed by atoms with E-state index in [2.05, 4.69) is 4.72 Å². The smallest absolute Gasteiger partial charge is 0.244 e. The molecule has 0 radical (unpaired) electrons. The van der Waals surface area contributed by atoms with Gasteiger partial charge >= 0.3 is 0 Å². The Hall–Kier alpha value is -1.07. The average molecular weight is 241 g/mol. The molecule has 1 aromatic carbocycles. The van der Waals surface area contributed by atoms with Crippen LogP contribution in [0.25, 0.3) is 0 Å². The normalized spacial score (nSPS) is 23.0. The number of benzene rings is 1. The number of phenolic OH excluding ortho intramolecular Hbond substituents is 1. The third-order valence-corrected chi connectivity index (χ3v) is 4.48. The second kappa shape index (κ2) is 3.46. The van der Waals surface area contributed by atoms with Gasteiger partial charge < -0.3 is 5.11 Å². The molecule has 2 rings (SSSR count). The van der Waals surface area contributed by atoms with Crippen LogP contribution in [0.4, 0.5) is 0 Å². The highest BCUT2D eigenvalue weighted by Gasteiger charge is 2.48. The zero-order chi connectivity index (χ0) is 12.0. The van der Waals surface area contributed by atoms with Crippen molar-refractivity contribution in [2.24, 2.45) is 5.41 Å². The minimum Gasteiger partial charge on any atom is -0.507 e. The maximum Gasteiger partial charge on any atom is 0.244 e. The van der Waals surface area contributed by atoms with E-state index in [1.807, 2.05) is 13.8 Å². The molecule has 1 saturated carbocycles. The fraction of sp³-hybridized carbons (Fsp3) is 0.455. The van der Waals surface area contributed by atoms with Crippen molar-refractivity contribution < 1.29 is 13.5 Å². The van der Waals surface area contributed by atoms with Gasteiger partial charge in [-0.25, -0.2) is 13.1 Å². The van der Waals surface area contributed by atoms with E-state index >= 15 is 0 Å². The molecule has 1 aliphatic carbocycles. The van der Waals surface area contributed by atoms with Gasteiger partial charge in [-0.05, 0) is 24.0 Å². The lowest BCUT2D eigenvalue weighted by molar-refractivity contribution is 0.457. The van der Waals surface area contributed by atoms with E-state index in [0.29, 0.717) is 0 Å². The molecule has 1 atom stereocenters. The fourth-order valence-corrected chi connectivity index (χ4v) is 3.11. The zero-order valence-corrected chi connectivity index (χ0v) is 10.1. The minimum atomic E-state index is -3.60. The first-order valence-electron chi connectivity index (χ1n) is 5.13. The van der Waals surface area contributed by atoms with E-state index in [-0.39, 0.29) is 22.1 Å². The van der Waals surface area contributed by atoms with Crippen LogP contribution in [0.1, 0.15) is 20.3 Å². The van der Waals surface area contributed by atoms with Crippen molar-refractivity contribution >= 4 is 10.0 Å². The Balaban J connectivity index is 2.24. The summed E-state index contributed by atoms with van der Waals surface area (Å²) < 4.78 is 26.4. The van der Waals surface area contributed by atoms with E-state index in [1.165, 1.54) is 12.1 Å². The predicted molar refractivity (Wildman–Crippen MR) is 60.6 cm³/mol. The molecule has 0 aliphatic heterocycles. The molecule has 0 bridgehead atoms. The van der Waals surface area contributed by atoms with E-state index in [4.69, 9.17) is 0 Å². The number of hydrogen-bond acceptors (Lipinski definition) is 3. The van der Waals surface area contributed by atoms with Gasteiger partial charge in [0.15, 0.2) is 0 Å². The molecule has 16 heavy (non-hydrogen) atoms. The number of rotatable bonds is 3. The molecule has 1 aromatic rings. The van der Waals surface area contributed by atoms with Crippen molar-refractivity contribution in [2.45, 2.75) is 31.2 Å². The molecule has 0 aromatic heterocycles. The molecule has 2 N–H and O–H groups in total. The Morgan fingerprint density at radius 1 is 1.38 bits per heavy atom. The first kappa shape index (κ1) is 11.4. The van der Waals surface area contributed by atoms with Crippen LogP contribution in [-0.2, 0) is 10.0 Å². The monoisotopic (exact) mass is 241 g/mol. The van der Waals surface area contributed by atoms with Crippen molar-refractivity contribution in [3.05, 3.63) is 24.3 Å². The van der Waals surface area contributed by atoms with E-state index in [9.17, 15) is 13.5 Å². The van der Waals surface area contributed by atoms with Crippen LogP contribution in [0.3, 0.4) is 0 Å². The highest BCUT2D eigenvalue weighted by Crippen LogP contribution is 2.45. The Kier molecular flexibility index (Phi) is 2.47. The highest BCUT2D eigenvalue weighted by atomic mass is 32.2. The second-order valence-electron chi connectivity index (χ2n) is 4.83. The Morgan fingerprint density at radius 2 is 1.94 bits per heavy atom. The van der Waals surface area contributed by atoms with Crippen molar-refractivity contribution in [1.29, 1.82) is 0 Å². The van der Waals surface area contributed by atoms with Crippen molar-refractivity contribution in [3.63, 3.8) is 0 Å². The zero-order valence-electron chi connectivity index (χ0n) is 9.27. The van der Waals surface area contributed by atoms with Gasteiger partial charge in [0, 0.05) is 6.04 Å². The van der Waals surface area contributed by atoms with Gasteiger partial charge in [-0.2, -0.15) is 0 Å². The van der Waals surface area contributed by atoms with Crippen LogP contribution in [0.5, 0.6) is 5.75 Å². The van der Waals surface area contributed by atoms with Gasteiger partial charge in [0.1, 0.15) is 10.6 Å². The van der Waals surface area contributed by atoms with Crippen LogP contribution in [-0.4, -0.2) is 19.6 Å². The summed E-state index contributed by atoms with van der Waals surface area (Å²) in [6.07, 6.45) is 0.833. The number of para-hydroxylation sites is 1. The Labute approximate surface area is 95.4 Å². The van der Waals surface area contributed by atoms with Crippen LogP contribution >= 0.6 is 0 Å². The molecule has 0 amide bonds. The summed E-state index contributed by atoms with van der Waals surface area (Å²) in [5.74, 6) is -0.214. The molecule has 0 saturated heterocycles. The van der Waals surface area contributed by atoms with E-state index < -0.39 is 10.0 Å². The summed E-state index contributed by atoms with van der Waals surface area (Å²) in [4.78, 5) is -0.0577. The molecule has 1 fully saturated rings. The molecular formula is C11H15NO3S. The first-order chi connectivity index (χ1) is 7.33. The summed E-state index contributed by atoms with van der Waals surface area (Å²) in [6, 6.07) is 5.92. The third kappa shape index (κ3) is 2.05. The van der Waals surface area contributed by atoms with E-state index in [0.717, 1.165) is 6.42 Å². The summed E-state index contributed by atoms with van der Waals surface area (Å²) in [6.45, 7) is 4.01. The minimum absolute atomic E-state index is 0.0253. The molecule has 1 unspecified atom stereocenters. The summed E-state index contributed by atoms with van der Waals surface area (Å²) >= 11 is 0. The number of phenols is 1. The summed E-state index contributed by atoms with van der Waals surface area (Å²) in [5.41, 5.74) is 0.0253. The van der Waals surface area contributed by atoms with Crippen LogP contribution in [0, 0.1) is 5.41 Å². The van der Waals surface area contributed by atoms with Gasteiger partial charge in [0.2, 0.25) is 10.0 Å². The van der Waals surface area contributed by atoms with E-state index in [1.54, 1.807) is 12.1 Å². The topological polar surface area (TPSA) is 66.4 Å². The summed E-state index contributed by atoms with van der Waals surface area (Å²) in [7, 11) is -3.60. The number of hydrogen-bond donors (Lipinski definition) is 2. The first-order valence-corrected chi connectivity index (χ1v) is 6.61. The molecule has 1 aliphatic rings. The molecule has 5 heteroatoms. The largest absolute Gasteiger partial charge is 0.507 e. The number of sulfonamides is 1. The third-order valence-electron chi connectivity index (χ3n) is 2.97. The lowest BCUT2D eigenvalue weighted by Gasteiger charge is -2.09. The predicted octanol–water partition coefficient (Wildman–Crippen LogP) is 1.47. The Bertz CT molecular complexity index is 508. The van der Waals surface area contributed by atoms with Gasteiger partial charge in [-0.3, -0.25) is 0 Å². The highest BCUT2D eigenvalue weighted by molar-refractivity contribution is 7.89. The van der Waals surface area contributed by atoms with Gasteiger partial charge in [-0.15, -0.1) is 0 Å². The van der Waals surface area contributed by atoms with Crippen molar-refractivity contribution in [2.75, 3.05) is 0 Å². The Morgan fingerprint density at radius 3 is 2.44 bits per heavy atom. The second-order valence-corrected chi connectivity index (χ2v) is 6.52. The molecule has 0 heterocycles. The standard InChI is InChI=1S/C11H15NO3S/c1-11(2)7-10(11)12-16(14,15)9-6-4-3-5-8(9)13/h3-6,10,12-13H,7H2,1-2H3. The summed E-state index contributed by atoms with van der Waals surface area (Å²) in [5, 5.41) is 9.49. The lowest BCUT2D eigenvalue weighted by Crippen LogP contribution is -2.28. The average Bonchev–Trinajstić information content (AvgIpc) is 2.72. The van der Waals surface area contributed by atoms with Gasteiger partial charge in [0.25, 0.3) is 0 Å². The number of nitrogens with one attached hydrogen (secondary N) is 1. The molecule has 88 valence electrons. The maximum atomic E-state index is 11.9. The SMILES string of the molecule is CC1(C)CC1NS(=O)(=O)c1ccccc1O. The van der Waals surface area contributed by atoms with Crippen molar-refractivity contribution in [3.8, 4) is 5.75 Å². The van der Waals surface area contributed by atoms with Crippen LogP contribution < -0.4 is 4.72 Å². The van der Waals surface area contributed by atoms with Gasteiger partial charge in [0.05, 0.1) is 0 Å². The van der Waals surface area contributed by atoms with Gasteiger partial charge in [-0.1, -0.05) is 26.0 Å². The lowest BCUT2D eigenvalue weighted by atomic mass is 10.2. The maximum absolute atomic E-state index is 11.9. The number of aromatic hydroxyl groups is 1. The fourth-order valence-electron chi connectivity index (χ4n) is 1.60. The van der Waals surface area contributed by atoms with Crippen molar-refractivity contribution in [1.82, 2.24) is 4.72 Å². The quantitative estimate of drug-likeness (QED) is 0.842. The van der Waals surface area contributed by atoms with Crippen LogP contribution in [0.2, 0.25) is 0 Å². The molecule has 0 spiro atoms. The molecule has 4 nitrogen and oxygen atoms in total. The molecular weight excluding hydrogens is 226 g/mol.